The number of rotatable bonds is 2. The van der Waals surface area contributed by atoms with Crippen LogP contribution in [0.1, 0.15) is 5.56 Å². The first-order valence-corrected chi connectivity index (χ1v) is 6.48. The topological polar surface area (TPSA) is 32.3 Å². The Bertz CT molecular complexity index is 414. The number of carbonyl (C=O) groups is 1. The number of nitrogens with zero attached hydrogens (tertiary/aromatic N) is 1. The second kappa shape index (κ2) is 7.56. The van der Waals surface area contributed by atoms with Crippen LogP contribution in [-0.4, -0.2) is 37.0 Å². The Hall–Kier alpha value is -0.840. The van der Waals surface area contributed by atoms with Crippen LogP contribution in [0, 0.1) is 0 Å². The number of hydrogen-bond acceptors (Lipinski definition) is 2. The van der Waals surface area contributed by atoms with E-state index in [1.807, 2.05) is 35.2 Å². The maximum atomic E-state index is 11.8. The number of piperazine rings is 1. The van der Waals surface area contributed by atoms with Crippen molar-refractivity contribution >= 4 is 40.3 Å². The summed E-state index contributed by atoms with van der Waals surface area (Å²) in [5.74, 6) is 0.0921. The fraction of sp³-hybridized carbons (Fsp3) is 0.308. The van der Waals surface area contributed by atoms with E-state index in [1.54, 1.807) is 6.08 Å². The maximum absolute atomic E-state index is 11.8. The van der Waals surface area contributed by atoms with E-state index in [4.69, 9.17) is 0 Å². The second-order valence-electron chi connectivity index (χ2n) is 3.96. The maximum Gasteiger partial charge on any atom is 0.246 e. The van der Waals surface area contributed by atoms with Gasteiger partial charge in [0, 0.05) is 36.7 Å². The first-order chi connectivity index (χ1) is 8.25. The third kappa shape index (κ3) is 4.44. The summed E-state index contributed by atoms with van der Waals surface area (Å²) < 4.78 is 1.04. The lowest BCUT2D eigenvalue weighted by atomic mass is 10.2. The minimum Gasteiger partial charge on any atom is -0.337 e. The molecule has 0 atom stereocenters. The van der Waals surface area contributed by atoms with Crippen molar-refractivity contribution in [2.45, 2.75) is 0 Å². The van der Waals surface area contributed by atoms with Gasteiger partial charge >= 0.3 is 0 Å². The van der Waals surface area contributed by atoms with E-state index in [9.17, 15) is 4.79 Å². The molecule has 0 bridgehead atoms. The highest BCUT2D eigenvalue weighted by Gasteiger charge is 2.12. The molecule has 1 aromatic rings. The molecular formula is C13H16BrClN2O. The van der Waals surface area contributed by atoms with E-state index in [-0.39, 0.29) is 18.3 Å². The van der Waals surface area contributed by atoms with Crippen molar-refractivity contribution < 1.29 is 4.79 Å². The normalized spacial score (nSPS) is 15.5. The molecule has 1 heterocycles. The van der Waals surface area contributed by atoms with Gasteiger partial charge in [-0.1, -0.05) is 28.1 Å². The zero-order valence-electron chi connectivity index (χ0n) is 9.93. The number of carbonyl (C=O) groups excluding carboxylic acids is 1. The van der Waals surface area contributed by atoms with Gasteiger partial charge in [-0.25, -0.2) is 0 Å². The Morgan fingerprint density at radius 3 is 2.44 bits per heavy atom. The van der Waals surface area contributed by atoms with Gasteiger partial charge in [-0.2, -0.15) is 0 Å². The molecule has 3 nitrogen and oxygen atoms in total. The summed E-state index contributed by atoms with van der Waals surface area (Å²) in [6, 6.07) is 7.89. The third-order valence-electron chi connectivity index (χ3n) is 2.72. The summed E-state index contributed by atoms with van der Waals surface area (Å²) in [4.78, 5) is 13.7. The minimum atomic E-state index is 0. The molecule has 1 N–H and O–H groups in total. The van der Waals surface area contributed by atoms with Crippen molar-refractivity contribution in [3.8, 4) is 0 Å². The number of nitrogens with one attached hydrogen (secondary N) is 1. The van der Waals surface area contributed by atoms with E-state index >= 15 is 0 Å². The first-order valence-electron chi connectivity index (χ1n) is 5.69. The largest absolute Gasteiger partial charge is 0.337 e. The van der Waals surface area contributed by atoms with Crippen LogP contribution in [0.2, 0.25) is 0 Å². The highest BCUT2D eigenvalue weighted by molar-refractivity contribution is 9.10. The molecule has 1 saturated heterocycles. The van der Waals surface area contributed by atoms with Gasteiger partial charge in [-0.05, 0) is 23.8 Å². The van der Waals surface area contributed by atoms with Crippen molar-refractivity contribution in [3.05, 3.63) is 40.4 Å². The zero-order chi connectivity index (χ0) is 12.1. The summed E-state index contributed by atoms with van der Waals surface area (Å²) in [5.41, 5.74) is 1.04. The average molecular weight is 332 g/mol. The number of amides is 1. The highest BCUT2D eigenvalue weighted by Crippen LogP contribution is 2.11. The summed E-state index contributed by atoms with van der Waals surface area (Å²) in [5, 5.41) is 3.23. The summed E-state index contributed by atoms with van der Waals surface area (Å²) in [6.45, 7) is 3.36. The number of benzene rings is 1. The van der Waals surface area contributed by atoms with E-state index in [2.05, 4.69) is 21.2 Å². The molecule has 0 saturated carbocycles. The fourth-order valence-electron chi connectivity index (χ4n) is 1.73. The molecule has 5 heteroatoms. The van der Waals surface area contributed by atoms with Crippen LogP contribution in [-0.2, 0) is 4.79 Å². The molecule has 1 aliphatic heterocycles. The van der Waals surface area contributed by atoms with Crippen molar-refractivity contribution in [2.75, 3.05) is 26.2 Å². The third-order valence-corrected chi connectivity index (χ3v) is 3.25. The Morgan fingerprint density at radius 2 is 1.83 bits per heavy atom. The first kappa shape index (κ1) is 15.2. The fourth-order valence-corrected chi connectivity index (χ4v) is 2.00. The monoisotopic (exact) mass is 330 g/mol. The SMILES string of the molecule is Cl.O=C(/C=C/c1ccc(Br)cc1)N1CCNCC1. The molecule has 0 aromatic heterocycles. The Labute approximate surface area is 122 Å². The van der Waals surface area contributed by atoms with Crippen LogP contribution in [0.3, 0.4) is 0 Å². The molecule has 1 fully saturated rings. The molecule has 2 rings (SSSR count). The zero-order valence-corrected chi connectivity index (χ0v) is 12.3. The highest BCUT2D eigenvalue weighted by atomic mass is 79.9. The van der Waals surface area contributed by atoms with Crippen LogP contribution in [0.15, 0.2) is 34.8 Å². The summed E-state index contributed by atoms with van der Waals surface area (Å²) >= 11 is 3.38. The van der Waals surface area contributed by atoms with Gasteiger partial charge in [0.05, 0.1) is 0 Å². The van der Waals surface area contributed by atoms with Crippen LogP contribution in [0.5, 0.6) is 0 Å². The van der Waals surface area contributed by atoms with Gasteiger partial charge in [-0.3, -0.25) is 4.79 Å². The van der Waals surface area contributed by atoms with Crippen LogP contribution in [0.4, 0.5) is 0 Å². The van der Waals surface area contributed by atoms with Crippen LogP contribution in [0.25, 0.3) is 6.08 Å². The van der Waals surface area contributed by atoms with Crippen LogP contribution >= 0.6 is 28.3 Å². The molecule has 0 spiro atoms. The lowest BCUT2D eigenvalue weighted by Gasteiger charge is -2.26. The van der Waals surface area contributed by atoms with E-state index in [1.165, 1.54) is 0 Å². The van der Waals surface area contributed by atoms with Crippen molar-refractivity contribution in [3.63, 3.8) is 0 Å². The van der Waals surface area contributed by atoms with Gasteiger partial charge in [0.15, 0.2) is 0 Å². The van der Waals surface area contributed by atoms with E-state index in [0.29, 0.717) is 0 Å². The minimum absolute atomic E-state index is 0. The summed E-state index contributed by atoms with van der Waals surface area (Å²) in [6.07, 6.45) is 3.51. The van der Waals surface area contributed by atoms with Gasteiger partial charge in [0.25, 0.3) is 0 Å². The van der Waals surface area contributed by atoms with Gasteiger partial charge in [0.2, 0.25) is 5.91 Å². The Morgan fingerprint density at radius 1 is 1.22 bits per heavy atom. The van der Waals surface area contributed by atoms with E-state index < -0.39 is 0 Å². The smallest absolute Gasteiger partial charge is 0.246 e. The Kier molecular flexibility index (Phi) is 6.39. The number of hydrogen-bond donors (Lipinski definition) is 1. The van der Waals surface area contributed by atoms with Crippen LogP contribution < -0.4 is 5.32 Å². The van der Waals surface area contributed by atoms with Gasteiger partial charge in [-0.15, -0.1) is 12.4 Å². The van der Waals surface area contributed by atoms with Crippen molar-refractivity contribution in [1.29, 1.82) is 0 Å². The molecule has 1 aromatic carbocycles. The molecule has 1 amide bonds. The summed E-state index contributed by atoms with van der Waals surface area (Å²) in [7, 11) is 0. The quantitative estimate of drug-likeness (QED) is 0.844. The Balaban J connectivity index is 0.00000162. The molecule has 0 aliphatic carbocycles. The molecule has 0 unspecified atom stereocenters. The number of halogens is 2. The predicted molar refractivity (Wildman–Crippen MR) is 79.9 cm³/mol. The predicted octanol–water partition coefficient (Wildman–Crippen LogP) is 2.32. The lowest BCUT2D eigenvalue weighted by molar-refractivity contribution is -0.126. The van der Waals surface area contributed by atoms with Gasteiger partial charge < -0.3 is 10.2 Å². The lowest BCUT2D eigenvalue weighted by Crippen LogP contribution is -2.45. The second-order valence-corrected chi connectivity index (χ2v) is 4.88. The average Bonchev–Trinajstić information content (AvgIpc) is 2.39. The molecule has 1 aliphatic rings. The molecular weight excluding hydrogens is 316 g/mol. The van der Waals surface area contributed by atoms with Crippen molar-refractivity contribution in [2.24, 2.45) is 0 Å². The molecule has 18 heavy (non-hydrogen) atoms. The van der Waals surface area contributed by atoms with Crippen molar-refractivity contribution in [1.82, 2.24) is 10.2 Å². The standard InChI is InChI=1S/C13H15BrN2O.ClH/c14-12-4-1-11(2-5-12)3-6-13(17)16-9-7-15-8-10-16;/h1-6,15H,7-10H2;1H/b6-3+;. The van der Waals surface area contributed by atoms with Gasteiger partial charge in [0.1, 0.15) is 0 Å². The molecule has 98 valence electrons. The molecule has 0 radical (unpaired) electrons. The van der Waals surface area contributed by atoms with E-state index in [0.717, 1.165) is 36.2 Å².